The van der Waals surface area contributed by atoms with Crippen LogP contribution in [0.5, 0.6) is 0 Å². The van der Waals surface area contributed by atoms with Gasteiger partial charge in [-0.1, -0.05) is 18.9 Å². The predicted molar refractivity (Wildman–Crippen MR) is 98.7 cm³/mol. The lowest BCUT2D eigenvalue weighted by molar-refractivity contribution is 0.0916. The van der Waals surface area contributed by atoms with Gasteiger partial charge in [0.25, 0.3) is 5.91 Å². The molecule has 132 valence electrons. The van der Waals surface area contributed by atoms with Gasteiger partial charge in [-0.25, -0.2) is 0 Å². The molecule has 3 rings (SSSR count). The lowest BCUT2D eigenvalue weighted by atomic mass is 10.1. The normalized spacial score (nSPS) is 16.1. The molecule has 1 unspecified atom stereocenters. The molecule has 0 saturated carbocycles. The summed E-state index contributed by atoms with van der Waals surface area (Å²) in [5, 5.41) is 12.4. The van der Waals surface area contributed by atoms with E-state index in [0.29, 0.717) is 5.56 Å². The van der Waals surface area contributed by atoms with Crippen molar-refractivity contribution < 1.29 is 9.90 Å². The summed E-state index contributed by atoms with van der Waals surface area (Å²) in [6.45, 7) is 2.00. The van der Waals surface area contributed by atoms with E-state index in [0.717, 1.165) is 18.7 Å². The van der Waals surface area contributed by atoms with E-state index < -0.39 is 6.04 Å². The zero-order valence-electron chi connectivity index (χ0n) is 14.4. The van der Waals surface area contributed by atoms with Crippen LogP contribution >= 0.6 is 0 Å². The van der Waals surface area contributed by atoms with E-state index in [1.165, 1.54) is 31.4 Å². The van der Waals surface area contributed by atoms with Gasteiger partial charge in [0.15, 0.2) is 0 Å². The Morgan fingerprint density at radius 1 is 1.12 bits per heavy atom. The molecule has 1 atom stereocenters. The van der Waals surface area contributed by atoms with Crippen molar-refractivity contribution in [1.29, 1.82) is 0 Å². The molecule has 5 heteroatoms. The summed E-state index contributed by atoms with van der Waals surface area (Å²) in [5.41, 5.74) is 2.56. The molecule has 1 fully saturated rings. The molecule has 25 heavy (non-hydrogen) atoms. The summed E-state index contributed by atoms with van der Waals surface area (Å²) in [7, 11) is 0. The molecule has 1 aliphatic rings. The van der Waals surface area contributed by atoms with E-state index in [4.69, 9.17) is 0 Å². The van der Waals surface area contributed by atoms with Gasteiger partial charge >= 0.3 is 0 Å². The Hall–Kier alpha value is -2.40. The van der Waals surface area contributed by atoms with Crippen molar-refractivity contribution >= 4 is 11.6 Å². The second kappa shape index (κ2) is 8.62. The number of aromatic nitrogens is 1. The first kappa shape index (κ1) is 17.4. The average Bonchev–Trinajstić information content (AvgIpc) is 2.96. The summed E-state index contributed by atoms with van der Waals surface area (Å²) in [6, 6.07) is 10.9. The minimum absolute atomic E-state index is 0.163. The Bertz CT molecular complexity index is 665. The Morgan fingerprint density at radius 2 is 1.84 bits per heavy atom. The van der Waals surface area contributed by atoms with E-state index in [9.17, 15) is 9.90 Å². The maximum absolute atomic E-state index is 12.5. The molecule has 2 aromatic rings. The van der Waals surface area contributed by atoms with Crippen LogP contribution in [-0.4, -0.2) is 35.7 Å². The minimum atomic E-state index is -0.452. The van der Waals surface area contributed by atoms with Crippen LogP contribution < -0.4 is 10.2 Å². The fourth-order valence-corrected chi connectivity index (χ4v) is 3.21. The van der Waals surface area contributed by atoms with Crippen LogP contribution in [0.3, 0.4) is 0 Å². The number of hydrogen-bond donors (Lipinski definition) is 2. The van der Waals surface area contributed by atoms with Crippen molar-refractivity contribution in [1.82, 2.24) is 10.3 Å². The standard InChI is InChI=1S/C20H25N3O2/c24-15-19(17-6-5-11-21-14-17)22-20(25)16-7-9-18(10-8-16)23-12-3-1-2-4-13-23/h5-11,14,19,24H,1-4,12-13,15H2,(H,22,25). The number of rotatable bonds is 5. The summed E-state index contributed by atoms with van der Waals surface area (Å²) in [4.78, 5) is 18.9. The van der Waals surface area contributed by atoms with Crippen LogP contribution in [-0.2, 0) is 0 Å². The molecule has 2 N–H and O–H groups in total. The molecule has 1 aromatic heterocycles. The zero-order chi connectivity index (χ0) is 17.5. The Morgan fingerprint density at radius 3 is 2.44 bits per heavy atom. The Kier molecular flexibility index (Phi) is 6.01. The van der Waals surface area contributed by atoms with Crippen LogP contribution in [0, 0.1) is 0 Å². The van der Waals surface area contributed by atoms with Crippen molar-refractivity contribution in [2.75, 3.05) is 24.6 Å². The maximum atomic E-state index is 12.5. The summed E-state index contributed by atoms with van der Waals surface area (Å²) in [6.07, 6.45) is 8.38. The van der Waals surface area contributed by atoms with Gasteiger partial charge in [0.05, 0.1) is 12.6 Å². The number of anilines is 1. The van der Waals surface area contributed by atoms with Gasteiger partial charge in [0.2, 0.25) is 0 Å². The number of aliphatic hydroxyl groups is 1. The predicted octanol–water partition coefficient (Wildman–Crippen LogP) is 2.93. The van der Waals surface area contributed by atoms with Crippen molar-refractivity contribution in [3.63, 3.8) is 0 Å². The molecule has 0 radical (unpaired) electrons. The molecule has 5 nitrogen and oxygen atoms in total. The summed E-state index contributed by atoms with van der Waals surface area (Å²) in [5.74, 6) is -0.190. The third-order valence-corrected chi connectivity index (χ3v) is 4.68. The zero-order valence-corrected chi connectivity index (χ0v) is 14.4. The van der Waals surface area contributed by atoms with Gasteiger partial charge in [-0.2, -0.15) is 0 Å². The minimum Gasteiger partial charge on any atom is -0.394 e. The second-order valence-electron chi connectivity index (χ2n) is 6.44. The molecule has 1 amide bonds. The summed E-state index contributed by atoms with van der Waals surface area (Å²) >= 11 is 0. The van der Waals surface area contributed by atoms with Gasteiger partial charge in [-0.05, 0) is 48.7 Å². The molecule has 0 bridgehead atoms. The van der Waals surface area contributed by atoms with Crippen molar-refractivity contribution in [2.45, 2.75) is 31.7 Å². The molecule has 1 aromatic carbocycles. The number of amides is 1. The quantitative estimate of drug-likeness (QED) is 0.879. The first-order valence-corrected chi connectivity index (χ1v) is 8.94. The summed E-state index contributed by atoms with van der Waals surface area (Å²) < 4.78 is 0. The molecular weight excluding hydrogens is 314 g/mol. The van der Waals surface area contributed by atoms with Crippen LogP contribution in [0.25, 0.3) is 0 Å². The average molecular weight is 339 g/mol. The number of benzene rings is 1. The van der Waals surface area contributed by atoms with Gasteiger partial charge in [-0.15, -0.1) is 0 Å². The Labute approximate surface area is 148 Å². The highest BCUT2D eigenvalue weighted by Crippen LogP contribution is 2.20. The van der Waals surface area contributed by atoms with Crippen molar-refractivity contribution in [3.05, 3.63) is 59.9 Å². The molecule has 0 aliphatic carbocycles. The SMILES string of the molecule is O=C(NC(CO)c1cccnc1)c1ccc(N2CCCCCC2)cc1. The smallest absolute Gasteiger partial charge is 0.251 e. The first-order valence-electron chi connectivity index (χ1n) is 8.94. The fraction of sp³-hybridized carbons (Fsp3) is 0.400. The highest BCUT2D eigenvalue weighted by atomic mass is 16.3. The number of hydrogen-bond acceptors (Lipinski definition) is 4. The number of carbonyl (C=O) groups is 1. The number of aliphatic hydroxyl groups excluding tert-OH is 1. The van der Waals surface area contributed by atoms with Crippen LogP contribution in [0.15, 0.2) is 48.8 Å². The molecular formula is C20H25N3O2. The Balaban J connectivity index is 1.65. The van der Waals surface area contributed by atoms with E-state index in [1.54, 1.807) is 18.5 Å². The van der Waals surface area contributed by atoms with E-state index in [1.807, 2.05) is 30.3 Å². The molecule has 1 saturated heterocycles. The second-order valence-corrected chi connectivity index (χ2v) is 6.44. The number of pyridine rings is 1. The van der Waals surface area contributed by atoms with Crippen LogP contribution in [0.1, 0.15) is 47.6 Å². The topological polar surface area (TPSA) is 65.5 Å². The first-order chi connectivity index (χ1) is 12.3. The molecule has 1 aliphatic heterocycles. The lowest BCUT2D eigenvalue weighted by Gasteiger charge is -2.23. The van der Waals surface area contributed by atoms with Crippen LogP contribution in [0.2, 0.25) is 0 Å². The van der Waals surface area contributed by atoms with E-state index in [-0.39, 0.29) is 12.5 Å². The third-order valence-electron chi connectivity index (χ3n) is 4.68. The monoisotopic (exact) mass is 339 g/mol. The highest BCUT2D eigenvalue weighted by molar-refractivity contribution is 5.94. The lowest BCUT2D eigenvalue weighted by Crippen LogP contribution is -2.31. The van der Waals surface area contributed by atoms with Crippen LogP contribution in [0.4, 0.5) is 5.69 Å². The molecule has 2 heterocycles. The van der Waals surface area contributed by atoms with Crippen molar-refractivity contribution in [3.8, 4) is 0 Å². The maximum Gasteiger partial charge on any atom is 0.251 e. The van der Waals surface area contributed by atoms with Gasteiger partial charge in [0.1, 0.15) is 0 Å². The molecule has 0 spiro atoms. The van der Waals surface area contributed by atoms with E-state index >= 15 is 0 Å². The van der Waals surface area contributed by atoms with E-state index in [2.05, 4.69) is 15.2 Å². The van der Waals surface area contributed by atoms with Crippen molar-refractivity contribution in [2.24, 2.45) is 0 Å². The number of carbonyl (C=O) groups excluding carboxylic acids is 1. The highest BCUT2D eigenvalue weighted by Gasteiger charge is 2.16. The third kappa shape index (κ3) is 4.57. The van der Waals surface area contributed by atoms with Gasteiger partial charge < -0.3 is 15.3 Å². The van der Waals surface area contributed by atoms with Gasteiger partial charge in [-0.3, -0.25) is 9.78 Å². The fourth-order valence-electron chi connectivity index (χ4n) is 3.21. The number of nitrogens with one attached hydrogen (secondary N) is 1. The van der Waals surface area contributed by atoms with Gasteiger partial charge in [0, 0.05) is 36.7 Å². The number of nitrogens with zero attached hydrogens (tertiary/aromatic N) is 2. The largest absolute Gasteiger partial charge is 0.394 e.